The van der Waals surface area contributed by atoms with Gasteiger partial charge in [-0.15, -0.1) is 0 Å². The SMILES string of the molecule is CCOC(=O)C[C@H](NC(=O)OC(C)(C)C)c1cc(Cl)cc(C(C)(C)COC)c1. The van der Waals surface area contributed by atoms with Crippen LogP contribution in [0.4, 0.5) is 4.79 Å². The molecule has 0 unspecified atom stereocenters. The van der Waals surface area contributed by atoms with E-state index < -0.39 is 23.7 Å². The van der Waals surface area contributed by atoms with Gasteiger partial charge in [-0.25, -0.2) is 4.79 Å². The Morgan fingerprint density at radius 1 is 1.14 bits per heavy atom. The Kier molecular flexibility index (Phi) is 8.76. The molecule has 1 N–H and O–H groups in total. The van der Waals surface area contributed by atoms with E-state index in [0.29, 0.717) is 17.2 Å². The van der Waals surface area contributed by atoms with E-state index in [-0.39, 0.29) is 18.4 Å². The van der Waals surface area contributed by atoms with Gasteiger partial charge in [0.05, 0.1) is 25.7 Å². The highest BCUT2D eigenvalue weighted by Gasteiger charge is 2.26. The van der Waals surface area contributed by atoms with Gasteiger partial charge >= 0.3 is 12.1 Å². The monoisotopic (exact) mass is 413 g/mol. The highest BCUT2D eigenvalue weighted by molar-refractivity contribution is 6.30. The van der Waals surface area contributed by atoms with Gasteiger partial charge in [-0.1, -0.05) is 31.5 Å². The Balaban J connectivity index is 3.23. The average molecular weight is 414 g/mol. The van der Waals surface area contributed by atoms with E-state index in [4.69, 9.17) is 25.8 Å². The molecule has 1 aromatic carbocycles. The minimum Gasteiger partial charge on any atom is -0.466 e. The lowest BCUT2D eigenvalue weighted by molar-refractivity contribution is -0.143. The molecule has 0 radical (unpaired) electrons. The minimum absolute atomic E-state index is 0.0302. The number of carbonyl (C=O) groups is 2. The largest absolute Gasteiger partial charge is 0.466 e. The molecule has 0 saturated heterocycles. The van der Waals surface area contributed by atoms with Crippen LogP contribution in [-0.2, 0) is 24.4 Å². The Labute approximate surface area is 172 Å². The molecule has 1 atom stereocenters. The molecule has 7 heteroatoms. The number of hydrogen-bond donors (Lipinski definition) is 1. The number of methoxy groups -OCH3 is 1. The van der Waals surface area contributed by atoms with E-state index in [1.54, 1.807) is 40.9 Å². The van der Waals surface area contributed by atoms with E-state index >= 15 is 0 Å². The number of nitrogens with one attached hydrogen (secondary N) is 1. The number of amides is 1. The highest BCUT2D eigenvalue weighted by Crippen LogP contribution is 2.31. The molecular formula is C21H32ClNO5. The van der Waals surface area contributed by atoms with E-state index in [0.717, 1.165) is 5.56 Å². The van der Waals surface area contributed by atoms with Crippen molar-refractivity contribution < 1.29 is 23.8 Å². The number of benzene rings is 1. The molecule has 6 nitrogen and oxygen atoms in total. The molecule has 0 aliphatic heterocycles. The van der Waals surface area contributed by atoms with Crippen molar-refractivity contribution in [3.8, 4) is 0 Å². The highest BCUT2D eigenvalue weighted by atomic mass is 35.5. The first kappa shape index (κ1) is 24.2. The van der Waals surface area contributed by atoms with Crippen molar-refractivity contribution in [1.82, 2.24) is 5.32 Å². The molecule has 0 aromatic heterocycles. The van der Waals surface area contributed by atoms with Crippen molar-refractivity contribution in [2.24, 2.45) is 0 Å². The third-order valence-corrected chi connectivity index (χ3v) is 4.19. The maximum absolute atomic E-state index is 12.3. The number of halogens is 1. The second-order valence-electron chi connectivity index (χ2n) is 8.30. The van der Waals surface area contributed by atoms with Crippen molar-refractivity contribution in [3.05, 3.63) is 34.3 Å². The maximum Gasteiger partial charge on any atom is 0.408 e. The van der Waals surface area contributed by atoms with Gasteiger partial charge in [0.15, 0.2) is 0 Å². The summed E-state index contributed by atoms with van der Waals surface area (Å²) in [5.74, 6) is -0.416. The first-order chi connectivity index (χ1) is 12.9. The molecule has 1 rings (SSSR count). The molecule has 158 valence electrons. The summed E-state index contributed by atoms with van der Waals surface area (Å²) in [4.78, 5) is 24.4. The fraction of sp³-hybridized carbons (Fsp3) is 0.619. The van der Waals surface area contributed by atoms with Gasteiger partial charge in [-0.3, -0.25) is 4.79 Å². The zero-order valence-corrected chi connectivity index (χ0v) is 18.6. The van der Waals surface area contributed by atoms with Crippen LogP contribution in [0.25, 0.3) is 0 Å². The third-order valence-electron chi connectivity index (χ3n) is 3.98. The summed E-state index contributed by atoms with van der Waals surface area (Å²) in [5.41, 5.74) is 0.690. The number of carbonyl (C=O) groups excluding carboxylic acids is 2. The standard InChI is InChI=1S/C21H32ClNO5/c1-8-27-18(24)12-17(23-19(25)28-20(2,3)4)14-9-15(11-16(22)10-14)21(5,6)13-26-7/h9-11,17H,8,12-13H2,1-7H3,(H,23,25)/t17-/m0/s1. The summed E-state index contributed by atoms with van der Waals surface area (Å²) in [6.45, 7) is 11.9. The van der Waals surface area contributed by atoms with Crippen LogP contribution < -0.4 is 5.32 Å². The number of esters is 1. The van der Waals surface area contributed by atoms with Crippen LogP contribution in [0.15, 0.2) is 18.2 Å². The van der Waals surface area contributed by atoms with Gasteiger partial charge in [0, 0.05) is 17.5 Å². The molecule has 28 heavy (non-hydrogen) atoms. The number of alkyl carbamates (subject to hydrolysis) is 1. The Bertz CT molecular complexity index is 682. The predicted octanol–water partition coefficient (Wildman–Crippen LogP) is 4.78. The molecular weight excluding hydrogens is 382 g/mol. The lowest BCUT2D eigenvalue weighted by Gasteiger charge is -2.27. The summed E-state index contributed by atoms with van der Waals surface area (Å²) in [7, 11) is 1.64. The Hall–Kier alpha value is -1.79. The van der Waals surface area contributed by atoms with E-state index in [9.17, 15) is 9.59 Å². The van der Waals surface area contributed by atoms with Gasteiger partial charge in [0.2, 0.25) is 0 Å². The molecule has 0 heterocycles. The summed E-state index contributed by atoms with van der Waals surface area (Å²) in [5, 5.41) is 3.28. The first-order valence-electron chi connectivity index (χ1n) is 9.33. The zero-order chi connectivity index (χ0) is 21.5. The van der Waals surface area contributed by atoms with Crippen LogP contribution in [-0.4, -0.2) is 38.0 Å². The molecule has 0 saturated carbocycles. The maximum atomic E-state index is 12.3. The van der Waals surface area contributed by atoms with Crippen LogP contribution in [0, 0.1) is 0 Å². The average Bonchev–Trinajstić information content (AvgIpc) is 2.52. The van der Waals surface area contributed by atoms with Crippen molar-refractivity contribution in [3.63, 3.8) is 0 Å². The smallest absolute Gasteiger partial charge is 0.408 e. The quantitative estimate of drug-likeness (QED) is 0.620. The number of ether oxygens (including phenoxy) is 3. The topological polar surface area (TPSA) is 73.9 Å². The Morgan fingerprint density at radius 3 is 2.32 bits per heavy atom. The van der Waals surface area contributed by atoms with Crippen molar-refractivity contribution in [2.45, 2.75) is 65.0 Å². The van der Waals surface area contributed by atoms with E-state index in [1.165, 1.54) is 0 Å². The Morgan fingerprint density at radius 2 is 1.79 bits per heavy atom. The first-order valence-corrected chi connectivity index (χ1v) is 9.71. The fourth-order valence-electron chi connectivity index (χ4n) is 2.74. The zero-order valence-electron chi connectivity index (χ0n) is 17.8. The van der Waals surface area contributed by atoms with E-state index in [1.807, 2.05) is 26.0 Å². The molecule has 0 aliphatic rings. The number of hydrogen-bond acceptors (Lipinski definition) is 5. The molecule has 1 aromatic rings. The van der Waals surface area contributed by atoms with Gasteiger partial charge in [0.1, 0.15) is 5.60 Å². The molecule has 0 aliphatic carbocycles. The third kappa shape index (κ3) is 8.07. The van der Waals surface area contributed by atoms with E-state index in [2.05, 4.69) is 5.32 Å². The van der Waals surface area contributed by atoms with Gasteiger partial charge in [0.25, 0.3) is 0 Å². The van der Waals surface area contributed by atoms with Crippen LogP contribution in [0.5, 0.6) is 0 Å². The van der Waals surface area contributed by atoms with Crippen LogP contribution >= 0.6 is 11.6 Å². The molecule has 0 spiro atoms. The second-order valence-corrected chi connectivity index (χ2v) is 8.73. The van der Waals surface area contributed by atoms with Crippen molar-refractivity contribution in [2.75, 3.05) is 20.3 Å². The van der Waals surface area contributed by atoms with Gasteiger partial charge in [-0.05, 0) is 51.0 Å². The fourth-order valence-corrected chi connectivity index (χ4v) is 2.98. The van der Waals surface area contributed by atoms with Gasteiger partial charge < -0.3 is 19.5 Å². The molecule has 1 amide bonds. The minimum atomic E-state index is -0.654. The number of rotatable bonds is 8. The van der Waals surface area contributed by atoms with Crippen LogP contribution in [0.2, 0.25) is 5.02 Å². The lowest BCUT2D eigenvalue weighted by atomic mass is 9.84. The molecule has 0 fully saturated rings. The van der Waals surface area contributed by atoms with Crippen molar-refractivity contribution in [1.29, 1.82) is 0 Å². The van der Waals surface area contributed by atoms with Crippen LogP contribution in [0.3, 0.4) is 0 Å². The van der Waals surface area contributed by atoms with Crippen LogP contribution in [0.1, 0.15) is 65.1 Å². The molecule has 0 bridgehead atoms. The predicted molar refractivity (Wildman–Crippen MR) is 110 cm³/mol. The second kappa shape index (κ2) is 10.1. The summed E-state index contributed by atoms with van der Waals surface area (Å²) < 4.78 is 15.7. The summed E-state index contributed by atoms with van der Waals surface area (Å²) >= 11 is 6.34. The summed E-state index contributed by atoms with van der Waals surface area (Å²) in [6, 6.07) is 4.88. The lowest BCUT2D eigenvalue weighted by Crippen LogP contribution is -2.36. The summed E-state index contributed by atoms with van der Waals surface area (Å²) in [6.07, 6.45) is -0.642. The van der Waals surface area contributed by atoms with Crippen molar-refractivity contribution >= 4 is 23.7 Å². The normalized spacial score (nSPS) is 13.0. The van der Waals surface area contributed by atoms with Gasteiger partial charge in [-0.2, -0.15) is 0 Å².